The van der Waals surface area contributed by atoms with Gasteiger partial charge >= 0.3 is 6.18 Å². The highest BCUT2D eigenvalue weighted by molar-refractivity contribution is 5.85. The molecule has 0 aromatic heterocycles. The first-order chi connectivity index (χ1) is 15.9. The van der Waals surface area contributed by atoms with Crippen LogP contribution in [0.15, 0.2) is 75.7 Å². The Morgan fingerprint density at radius 3 is 2.21 bits per heavy atom. The highest BCUT2D eigenvalue weighted by atomic mass is 19.4. The number of benzene rings is 1. The van der Waals surface area contributed by atoms with Gasteiger partial charge in [0.2, 0.25) is 0 Å². The van der Waals surface area contributed by atoms with Crippen LogP contribution in [0.25, 0.3) is 0 Å². The zero-order chi connectivity index (χ0) is 25.9. The lowest BCUT2D eigenvalue weighted by molar-refractivity contribution is -0.0884. The Balaban J connectivity index is 0.000000605. The molecule has 3 nitrogen and oxygen atoms in total. The van der Waals surface area contributed by atoms with E-state index in [0.29, 0.717) is 6.42 Å². The molecule has 1 aliphatic rings. The summed E-state index contributed by atoms with van der Waals surface area (Å²) in [4.78, 5) is 6.53. The van der Waals surface area contributed by atoms with Crippen LogP contribution in [-0.4, -0.2) is 35.6 Å². The van der Waals surface area contributed by atoms with E-state index in [0.717, 1.165) is 42.9 Å². The zero-order valence-electron chi connectivity index (χ0n) is 20.3. The molecule has 1 aromatic carbocycles. The molecule has 188 valence electrons. The van der Waals surface area contributed by atoms with Gasteiger partial charge in [-0.1, -0.05) is 26.0 Å². The van der Waals surface area contributed by atoms with Gasteiger partial charge in [-0.05, 0) is 69.0 Å². The van der Waals surface area contributed by atoms with Crippen molar-refractivity contribution in [1.29, 1.82) is 0 Å². The number of aliphatic imine (C=N–C) groups is 1. The summed E-state index contributed by atoms with van der Waals surface area (Å²) in [5.41, 5.74) is 0.0715. The molecule has 0 bridgehead atoms. The maximum Gasteiger partial charge on any atom is 0.416 e. The van der Waals surface area contributed by atoms with Gasteiger partial charge in [-0.3, -0.25) is 0 Å². The van der Waals surface area contributed by atoms with Crippen molar-refractivity contribution in [1.82, 2.24) is 4.90 Å². The molecule has 1 heterocycles. The van der Waals surface area contributed by atoms with Crippen LogP contribution < -0.4 is 0 Å². The van der Waals surface area contributed by atoms with E-state index in [2.05, 4.69) is 4.99 Å². The number of phenolic OH excluding ortho intramolecular Hbond substituents is 1. The van der Waals surface area contributed by atoms with Crippen LogP contribution >= 0.6 is 0 Å². The number of nitrogens with zero attached hydrogens (tertiary/aromatic N) is 2. The zero-order valence-corrected chi connectivity index (χ0v) is 20.3. The largest absolute Gasteiger partial charge is 0.508 e. The van der Waals surface area contributed by atoms with Crippen LogP contribution in [0.4, 0.5) is 22.0 Å². The van der Waals surface area contributed by atoms with Gasteiger partial charge in [0.15, 0.2) is 0 Å². The molecule has 1 aliphatic heterocycles. The third-order valence-corrected chi connectivity index (χ3v) is 5.15. The molecule has 0 unspecified atom stereocenters. The van der Waals surface area contributed by atoms with E-state index in [9.17, 15) is 22.0 Å². The van der Waals surface area contributed by atoms with Gasteiger partial charge < -0.3 is 10.0 Å². The summed E-state index contributed by atoms with van der Waals surface area (Å²) < 4.78 is 66.6. The van der Waals surface area contributed by atoms with Crippen molar-refractivity contribution < 1.29 is 27.1 Å². The normalized spacial score (nSPS) is 17.5. The second-order valence-corrected chi connectivity index (χ2v) is 7.77. The molecule has 0 aliphatic carbocycles. The molecule has 1 saturated heterocycles. The third-order valence-electron chi connectivity index (χ3n) is 5.15. The van der Waals surface area contributed by atoms with Crippen molar-refractivity contribution in [3.8, 4) is 5.75 Å². The lowest BCUT2D eigenvalue weighted by Gasteiger charge is -2.17. The fourth-order valence-electron chi connectivity index (χ4n) is 3.10. The van der Waals surface area contributed by atoms with E-state index in [1.165, 1.54) is 37.3 Å². The van der Waals surface area contributed by atoms with Crippen molar-refractivity contribution in [2.75, 3.05) is 13.6 Å². The second-order valence-electron chi connectivity index (χ2n) is 7.77. The maximum absolute atomic E-state index is 14.6. The Kier molecular flexibility index (Phi) is 11.8. The van der Waals surface area contributed by atoms with Crippen molar-refractivity contribution in [2.24, 2.45) is 4.99 Å². The minimum absolute atomic E-state index is 0.0893. The first kappa shape index (κ1) is 29.1. The number of amidine groups is 1. The van der Waals surface area contributed by atoms with Crippen LogP contribution in [-0.2, 0) is 0 Å². The van der Waals surface area contributed by atoms with Gasteiger partial charge in [-0.25, -0.2) is 13.8 Å². The molecule has 0 atom stereocenters. The molecule has 8 heteroatoms. The first-order valence-electron chi connectivity index (χ1n) is 11.2. The van der Waals surface area contributed by atoms with E-state index in [1.54, 1.807) is 13.8 Å². The molecule has 2 rings (SSSR count). The van der Waals surface area contributed by atoms with E-state index in [1.807, 2.05) is 18.9 Å². The number of aromatic hydroxyl groups is 1. The number of alkyl halides is 3. The number of phenols is 1. The van der Waals surface area contributed by atoms with Crippen LogP contribution in [0.3, 0.4) is 0 Å². The lowest BCUT2D eigenvalue weighted by atomic mass is 10.0. The minimum Gasteiger partial charge on any atom is -0.508 e. The maximum atomic E-state index is 14.6. The summed E-state index contributed by atoms with van der Waals surface area (Å²) in [5, 5.41) is 8.59. The van der Waals surface area contributed by atoms with Gasteiger partial charge in [0, 0.05) is 25.6 Å². The quantitative estimate of drug-likeness (QED) is 0.328. The summed E-state index contributed by atoms with van der Waals surface area (Å²) in [5.74, 6) is -0.172. The molecule has 1 N–H and O–H groups in total. The molecule has 0 amide bonds. The van der Waals surface area contributed by atoms with E-state index in [4.69, 9.17) is 5.11 Å². The van der Waals surface area contributed by atoms with Gasteiger partial charge in [0.25, 0.3) is 0 Å². The van der Waals surface area contributed by atoms with Crippen molar-refractivity contribution >= 4 is 5.84 Å². The average Bonchev–Trinajstić information content (AvgIpc) is 3.20. The van der Waals surface area contributed by atoms with E-state index >= 15 is 0 Å². The Hall–Kier alpha value is -2.90. The van der Waals surface area contributed by atoms with Gasteiger partial charge in [0.1, 0.15) is 23.2 Å². The van der Waals surface area contributed by atoms with Gasteiger partial charge in [0.05, 0.1) is 11.3 Å². The number of hydrogen-bond donors (Lipinski definition) is 1. The number of likely N-dealkylation sites (tertiary alicyclic amines) is 1. The summed E-state index contributed by atoms with van der Waals surface area (Å²) in [6.07, 6.45) is 1.03. The highest BCUT2D eigenvalue weighted by Gasteiger charge is 2.33. The Bertz CT molecular complexity index is 933. The molecular formula is C26H33F5N2O. The first-order valence-corrected chi connectivity index (χ1v) is 11.2. The van der Waals surface area contributed by atoms with Gasteiger partial charge in [-0.15, -0.1) is 0 Å². The van der Waals surface area contributed by atoms with E-state index < -0.39 is 17.6 Å². The van der Waals surface area contributed by atoms with Crippen LogP contribution in [0.5, 0.6) is 5.75 Å². The summed E-state index contributed by atoms with van der Waals surface area (Å²) in [6.45, 7) is 7.58. The Labute approximate surface area is 198 Å². The molecular weight excluding hydrogens is 451 g/mol. The summed E-state index contributed by atoms with van der Waals surface area (Å²) >= 11 is 0. The minimum atomic E-state index is -4.54. The molecule has 0 radical (unpaired) electrons. The summed E-state index contributed by atoms with van der Waals surface area (Å²) in [6, 6.07) is 5.01. The molecule has 34 heavy (non-hydrogen) atoms. The average molecular weight is 485 g/mol. The molecule has 0 saturated carbocycles. The second kappa shape index (κ2) is 13.7. The van der Waals surface area contributed by atoms with E-state index in [-0.39, 0.29) is 29.3 Å². The summed E-state index contributed by atoms with van der Waals surface area (Å²) in [7, 11) is 1.89. The molecule has 1 fully saturated rings. The monoisotopic (exact) mass is 484 g/mol. The van der Waals surface area contributed by atoms with Crippen LogP contribution in [0.1, 0.15) is 53.4 Å². The number of halogens is 5. The van der Waals surface area contributed by atoms with Crippen molar-refractivity contribution in [3.05, 3.63) is 76.6 Å². The standard InChI is InChI=1S/C20H28F4N2.C6H5FO/c1-6-10-15(20(22,23)24)13-16(17(21)8-3)19(14(4)7-2)25-18-11-9-12-26(18)5;7-5-1-3-6(8)4-2-5/h8,10,13H,6-7,9,11-12H2,1-5H3;1-4,8H/b15-10-,16-13+,17-8+,19-14?,25-18?;. The molecule has 1 aromatic rings. The van der Waals surface area contributed by atoms with Crippen molar-refractivity contribution in [2.45, 2.75) is 59.6 Å². The highest BCUT2D eigenvalue weighted by Crippen LogP contribution is 2.34. The van der Waals surface area contributed by atoms with Gasteiger partial charge in [-0.2, -0.15) is 13.2 Å². The smallest absolute Gasteiger partial charge is 0.416 e. The predicted molar refractivity (Wildman–Crippen MR) is 128 cm³/mol. The predicted octanol–water partition coefficient (Wildman–Crippen LogP) is 8.02. The Morgan fingerprint density at radius 1 is 1.18 bits per heavy atom. The number of rotatable bonds is 6. The SMILES string of the molecule is C\C=C(F)/C(=C\C(=C\CC)C(F)(F)F)C(N=C1CCCN1C)=C(C)CC.Oc1ccc(F)cc1. The molecule has 0 spiro atoms. The Morgan fingerprint density at radius 2 is 1.79 bits per heavy atom. The topological polar surface area (TPSA) is 35.8 Å². The number of hydrogen-bond acceptors (Lipinski definition) is 2. The van der Waals surface area contributed by atoms with Crippen LogP contribution in [0.2, 0.25) is 0 Å². The van der Waals surface area contributed by atoms with Crippen LogP contribution in [0, 0.1) is 5.82 Å². The fourth-order valence-corrected chi connectivity index (χ4v) is 3.10. The van der Waals surface area contributed by atoms with Crippen molar-refractivity contribution in [3.63, 3.8) is 0 Å². The fraction of sp³-hybridized carbons (Fsp3) is 0.423. The number of allylic oxidation sites excluding steroid dienone is 6. The lowest BCUT2D eigenvalue weighted by Crippen LogP contribution is -2.19. The third kappa shape index (κ3) is 9.15.